The number of halogens is 1. The molecule has 116 valence electrons. The minimum Gasteiger partial charge on any atom is -0.479 e. The second kappa shape index (κ2) is 6.11. The molecule has 0 spiro atoms. The van der Waals surface area contributed by atoms with Gasteiger partial charge in [-0.3, -0.25) is 0 Å². The van der Waals surface area contributed by atoms with Crippen LogP contribution < -0.4 is 5.32 Å². The molecule has 0 aromatic heterocycles. The van der Waals surface area contributed by atoms with Crippen molar-refractivity contribution in [1.29, 1.82) is 0 Å². The van der Waals surface area contributed by atoms with Gasteiger partial charge in [0, 0.05) is 0 Å². The molecule has 1 atom stereocenters. The van der Waals surface area contributed by atoms with E-state index in [0.29, 0.717) is 0 Å². The number of alkyl carbamates (subject to hydrolysis) is 1. The van der Waals surface area contributed by atoms with Crippen LogP contribution in [0.5, 0.6) is 0 Å². The fourth-order valence-electron chi connectivity index (χ4n) is 1.92. The lowest BCUT2D eigenvalue weighted by Gasteiger charge is -2.31. The minimum atomic E-state index is -1.73. The van der Waals surface area contributed by atoms with E-state index in [1.807, 2.05) is 0 Å². The number of hydrogen-bond donors (Lipinski definition) is 2. The van der Waals surface area contributed by atoms with E-state index in [4.69, 9.17) is 4.74 Å². The molecule has 6 heteroatoms. The molecule has 0 radical (unpaired) electrons. The number of carbonyl (C=O) groups excluding carboxylic acids is 1. The SMILES string of the molecule is CCC(NC(=O)OC(C)(C)C)(C(=O)O)c1cccc(F)c1. The summed E-state index contributed by atoms with van der Waals surface area (Å²) in [5.74, 6) is -1.85. The average Bonchev–Trinajstić information content (AvgIpc) is 2.33. The van der Waals surface area contributed by atoms with Crippen molar-refractivity contribution < 1.29 is 23.8 Å². The second-order valence-corrected chi connectivity index (χ2v) is 5.70. The molecule has 0 aliphatic rings. The number of carbonyl (C=O) groups is 2. The number of hydrogen-bond acceptors (Lipinski definition) is 3. The van der Waals surface area contributed by atoms with E-state index in [1.54, 1.807) is 27.7 Å². The summed E-state index contributed by atoms with van der Waals surface area (Å²) in [6, 6.07) is 5.15. The van der Waals surface area contributed by atoms with Gasteiger partial charge in [-0.1, -0.05) is 19.1 Å². The molecule has 21 heavy (non-hydrogen) atoms. The summed E-state index contributed by atoms with van der Waals surface area (Å²) in [5.41, 5.74) is -2.34. The highest BCUT2D eigenvalue weighted by Gasteiger charge is 2.41. The number of aliphatic carboxylic acids is 1. The van der Waals surface area contributed by atoms with Gasteiger partial charge in [0.1, 0.15) is 11.4 Å². The van der Waals surface area contributed by atoms with E-state index in [9.17, 15) is 19.1 Å². The van der Waals surface area contributed by atoms with Crippen LogP contribution in [-0.2, 0) is 15.1 Å². The van der Waals surface area contributed by atoms with E-state index < -0.39 is 29.0 Å². The fraction of sp³-hybridized carbons (Fsp3) is 0.467. The Morgan fingerprint density at radius 3 is 2.38 bits per heavy atom. The molecule has 1 aromatic rings. The summed E-state index contributed by atoms with van der Waals surface area (Å²) in [6.07, 6.45) is -0.818. The predicted octanol–water partition coefficient (Wildman–Crippen LogP) is 3.04. The second-order valence-electron chi connectivity index (χ2n) is 5.70. The highest BCUT2D eigenvalue weighted by Crippen LogP contribution is 2.27. The maximum absolute atomic E-state index is 13.4. The first kappa shape index (κ1) is 16.9. The number of amides is 1. The number of benzene rings is 1. The normalized spacial score (nSPS) is 14.1. The topological polar surface area (TPSA) is 75.6 Å². The zero-order valence-corrected chi connectivity index (χ0v) is 12.6. The third kappa shape index (κ3) is 4.18. The van der Waals surface area contributed by atoms with Gasteiger partial charge in [-0.25, -0.2) is 14.0 Å². The van der Waals surface area contributed by atoms with Crippen molar-refractivity contribution in [2.75, 3.05) is 0 Å². The molecule has 1 aromatic carbocycles. The third-order valence-electron chi connectivity index (χ3n) is 2.93. The summed E-state index contributed by atoms with van der Waals surface area (Å²) in [7, 11) is 0. The van der Waals surface area contributed by atoms with Gasteiger partial charge in [0.25, 0.3) is 0 Å². The maximum Gasteiger partial charge on any atom is 0.408 e. The van der Waals surface area contributed by atoms with Gasteiger partial charge in [-0.2, -0.15) is 0 Å². The summed E-state index contributed by atoms with van der Waals surface area (Å²) < 4.78 is 18.5. The van der Waals surface area contributed by atoms with E-state index in [2.05, 4.69) is 5.32 Å². The zero-order valence-electron chi connectivity index (χ0n) is 12.6. The molecule has 0 aliphatic carbocycles. The lowest BCUT2D eigenvalue weighted by atomic mass is 9.87. The van der Waals surface area contributed by atoms with Crippen LogP contribution in [0.4, 0.5) is 9.18 Å². The molecule has 1 rings (SSSR count). The van der Waals surface area contributed by atoms with Gasteiger partial charge >= 0.3 is 12.1 Å². The number of carboxylic acid groups (broad SMARTS) is 1. The molecule has 0 aliphatic heterocycles. The van der Waals surface area contributed by atoms with Crippen LogP contribution in [0.25, 0.3) is 0 Å². The Morgan fingerprint density at radius 2 is 1.95 bits per heavy atom. The minimum absolute atomic E-state index is 0.0467. The number of nitrogens with one attached hydrogen (secondary N) is 1. The van der Waals surface area contributed by atoms with E-state index in [1.165, 1.54) is 18.2 Å². The van der Waals surface area contributed by atoms with Crippen LogP contribution in [0.2, 0.25) is 0 Å². The third-order valence-corrected chi connectivity index (χ3v) is 2.93. The van der Waals surface area contributed by atoms with Gasteiger partial charge < -0.3 is 15.2 Å². The van der Waals surface area contributed by atoms with Crippen molar-refractivity contribution in [1.82, 2.24) is 5.32 Å². The highest BCUT2D eigenvalue weighted by molar-refractivity contribution is 5.85. The first-order chi connectivity index (χ1) is 9.60. The molecular formula is C15H20FNO4. The molecule has 0 bridgehead atoms. The van der Waals surface area contributed by atoms with Crippen molar-refractivity contribution in [3.05, 3.63) is 35.6 Å². The number of ether oxygens (including phenoxy) is 1. The van der Waals surface area contributed by atoms with E-state index in [-0.39, 0.29) is 12.0 Å². The number of rotatable bonds is 4. The van der Waals surface area contributed by atoms with Gasteiger partial charge in [0.2, 0.25) is 0 Å². The molecule has 0 fully saturated rings. The van der Waals surface area contributed by atoms with Crippen LogP contribution >= 0.6 is 0 Å². The molecule has 1 unspecified atom stereocenters. The summed E-state index contributed by atoms with van der Waals surface area (Å²) >= 11 is 0. The summed E-state index contributed by atoms with van der Waals surface area (Å²) in [4.78, 5) is 23.6. The van der Waals surface area contributed by atoms with Crippen LogP contribution in [-0.4, -0.2) is 22.8 Å². The van der Waals surface area contributed by atoms with Gasteiger partial charge in [0.15, 0.2) is 5.54 Å². The lowest BCUT2D eigenvalue weighted by Crippen LogP contribution is -2.52. The Hall–Kier alpha value is -2.11. The molecule has 0 heterocycles. The van der Waals surface area contributed by atoms with E-state index in [0.717, 1.165) is 6.07 Å². The van der Waals surface area contributed by atoms with Gasteiger partial charge in [-0.05, 0) is 44.9 Å². The standard InChI is InChI=1S/C15H20FNO4/c1-5-15(12(18)19,10-7-6-8-11(16)9-10)17-13(20)21-14(2,3)4/h6-9H,5H2,1-4H3,(H,17,20)(H,18,19). The Bertz CT molecular complexity index is 539. The average molecular weight is 297 g/mol. The monoisotopic (exact) mass is 297 g/mol. The van der Waals surface area contributed by atoms with Crippen molar-refractivity contribution in [2.45, 2.75) is 45.3 Å². The zero-order chi connectivity index (χ0) is 16.3. The molecule has 1 amide bonds. The van der Waals surface area contributed by atoms with Crippen LogP contribution in [0.1, 0.15) is 39.7 Å². The molecular weight excluding hydrogens is 277 g/mol. The smallest absolute Gasteiger partial charge is 0.408 e. The van der Waals surface area contributed by atoms with Gasteiger partial charge in [-0.15, -0.1) is 0 Å². The van der Waals surface area contributed by atoms with Gasteiger partial charge in [0.05, 0.1) is 0 Å². The van der Waals surface area contributed by atoms with Crippen molar-refractivity contribution in [3.63, 3.8) is 0 Å². The predicted molar refractivity (Wildman–Crippen MR) is 75.4 cm³/mol. The Balaban J connectivity index is 3.17. The Labute approximate surface area is 123 Å². The summed E-state index contributed by atoms with van der Waals surface area (Å²) in [6.45, 7) is 6.60. The maximum atomic E-state index is 13.4. The molecule has 5 nitrogen and oxygen atoms in total. The molecule has 2 N–H and O–H groups in total. The molecule has 0 saturated heterocycles. The summed E-state index contributed by atoms with van der Waals surface area (Å²) in [5, 5.41) is 11.9. The lowest BCUT2D eigenvalue weighted by molar-refractivity contribution is -0.145. The number of carboxylic acids is 1. The largest absolute Gasteiger partial charge is 0.479 e. The Morgan fingerprint density at radius 1 is 1.33 bits per heavy atom. The van der Waals surface area contributed by atoms with Crippen LogP contribution in [0.15, 0.2) is 24.3 Å². The van der Waals surface area contributed by atoms with Crippen molar-refractivity contribution in [2.24, 2.45) is 0 Å². The van der Waals surface area contributed by atoms with E-state index >= 15 is 0 Å². The van der Waals surface area contributed by atoms with Crippen LogP contribution in [0, 0.1) is 5.82 Å². The molecule has 0 saturated carbocycles. The van der Waals surface area contributed by atoms with Crippen molar-refractivity contribution >= 4 is 12.1 Å². The quantitative estimate of drug-likeness (QED) is 0.895. The highest BCUT2D eigenvalue weighted by atomic mass is 19.1. The first-order valence-corrected chi connectivity index (χ1v) is 6.61. The fourth-order valence-corrected chi connectivity index (χ4v) is 1.92. The van der Waals surface area contributed by atoms with Crippen molar-refractivity contribution in [3.8, 4) is 0 Å². The van der Waals surface area contributed by atoms with Crippen LogP contribution in [0.3, 0.4) is 0 Å². The Kier molecular flexibility index (Phi) is 4.93. The first-order valence-electron chi connectivity index (χ1n) is 6.61.